The largest absolute Gasteiger partial charge is 0.326 e. The van der Waals surface area contributed by atoms with Crippen molar-refractivity contribution in [1.29, 1.82) is 0 Å². The molecule has 86 valence electrons. The number of aldehydes is 1. The maximum atomic E-state index is 11.9. The van der Waals surface area contributed by atoms with E-state index < -0.39 is 0 Å². The predicted molar refractivity (Wildman–Crippen MR) is 64.1 cm³/mol. The number of rotatable bonds is 5. The summed E-state index contributed by atoms with van der Waals surface area (Å²) in [4.78, 5) is 22.4. The van der Waals surface area contributed by atoms with Crippen LogP contribution in [0.1, 0.15) is 20.3 Å². The minimum absolute atomic E-state index is 0.0895. The Morgan fingerprint density at radius 2 is 1.94 bits per heavy atom. The second-order valence-corrected chi connectivity index (χ2v) is 4.11. The van der Waals surface area contributed by atoms with E-state index >= 15 is 0 Å². The minimum atomic E-state index is -0.252. The van der Waals surface area contributed by atoms with Gasteiger partial charge in [0.1, 0.15) is 6.29 Å². The maximum absolute atomic E-state index is 11.9. The molecule has 0 aromatic heterocycles. The number of amides is 1. The van der Waals surface area contributed by atoms with Gasteiger partial charge in [0.25, 0.3) is 0 Å². The van der Waals surface area contributed by atoms with Gasteiger partial charge >= 0.3 is 0 Å². The monoisotopic (exact) mass is 219 g/mol. The Morgan fingerprint density at radius 1 is 1.31 bits per heavy atom. The van der Waals surface area contributed by atoms with Gasteiger partial charge in [-0.15, -0.1) is 0 Å². The van der Waals surface area contributed by atoms with Crippen LogP contribution in [0.5, 0.6) is 0 Å². The van der Waals surface area contributed by atoms with E-state index in [0.717, 1.165) is 12.0 Å². The standard InChI is InChI=1S/C13H17NO2/c1-10(2)12(8-9-15)13(16)14-11-6-4-3-5-7-11/h3-7,9-10,12H,8H2,1-2H3,(H,14,16). The van der Waals surface area contributed by atoms with Crippen molar-refractivity contribution in [1.82, 2.24) is 0 Å². The van der Waals surface area contributed by atoms with Crippen molar-refractivity contribution in [3.63, 3.8) is 0 Å². The van der Waals surface area contributed by atoms with Crippen molar-refractivity contribution < 1.29 is 9.59 Å². The molecular formula is C13H17NO2. The lowest BCUT2D eigenvalue weighted by Gasteiger charge is -2.17. The molecule has 3 nitrogen and oxygen atoms in total. The molecule has 1 unspecified atom stereocenters. The Balaban J connectivity index is 2.66. The molecule has 1 N–H and O–H groups in total. The van der Waals surface area contributed by atoms with Crippen LogP contribution in [0.15, 0.2) is 30.3 Å². The van der Waals surface area contributed by atoms with E-state index in [4.69, 9.17) is 0 Å². The van der Waals surface area contributed by atoms with E-state index in [2.05, 4.69) is 5.32 Å². The fourth-order valence-electron chi connectivity index (χ4n) is 1.54. The van der Waals surface area contributed by atoms with Crippen molar-refractivity contribution >= 4 is 17.9 Å². The first kappa shape index (κ1) is 12.4. The van der Waals surface area contributed by atoms with Gasteiger partial charge in [-0.2, -0.15) is 0 Å². The van der Waals surface area contributed by atoms with Gasteiger partial charge in [-0.1, -0.05) is 32.0 Å². The molecule has 16 heavy (non-hydrogen) atoms. The van der Waals surface area contributed by atoms with Crippen molar-refractivity contribution in [2.24, 2.45) is 11.8 Å². The number of para-hydroxylation sites is 1. The Bertz CT molecular complexity index is 346. The molecule has 0 radical (unpaired) electrons. The van der Waals surface area contributed by atoms with Crippen LogP contribution >= 0.6 is 0 Å². The molecule has 0 aliphatic rings. The van der Waals surface area contributed by atoms with Crippen LogP contribution in [0.2, 0.25) is 0 Å². The van der Waals surface area contributed by atoms with Gasteiger partial charge < -0.3 is 10.1 Å². The van der Waals surface area contributed by atoms with Crippen molar-refractivity contribution in [3.05, 3.63) is 30.3 Å². The highest BCUT2D eigenvalue weighted by atomic mass is 16.2. The molecule has 3 heteroatoms. The van der Waals surface area contributed by atoms with Crippen LogP contribution in [0.4, 0.5) is 5.69 Å². The average molecular weight is 219 g/mol. The van der Waals surface area contributed by atoms with Gasteiger partial charge in [0.05, 0.1) is 0 Å². The molecule has 0 spiro atoms. The summed E-state index contributed by atoms with van der Waals surface area (Å²) in [6.07, 6.45) is 1.07. The zero-order valence-corrected chi connectivity index (χ0v) is 9.64. The zero-order valence-electron chi connectivity index (χ0n) is 9.64. The average Bonchev–Trinajstić information content (AvgIpc) is 2.26. The first-order valence-electron chi connectivity index (χ1n) is 5.44. The number of hydrogen-bond donors (Lipinski definition) is 1. The smallest absolute Gasteiger partial charge is 0.228 e. The molecule has 0 saturated carbocycles. The Kier molecular flexibility index (Phi) is 4.70. The fraction of sp³-hybridized carbons (Fsp3) is 0.385. The molecule has 1 aromatic rings. The number of anilines is 1. The molecule has 0 heterocycles. The Hall–Kier alpha value is -1.64. The quantitative estimate of drug-likeness (QED) is 0.773. The van der Waals surface area contributed by atoms with Crippen LogP contribution < -0.4 is 5.32 Å². The first-order chi connectivity index (χ1) is 7.65. The van der Waals surface area contributed by atoms with E-state index in [1.54, 1.807) is 0 Å². The van der Waals surface area contributed by atoms with Crippen molar-refractivity contribution in [2.75, 3.05) is 5.32 Å². The van der Waals surface area contributed by atoms with E-state index in [9.17, 15) is 9.59 Å². The molecule has 1 aromatic carbocycles. The van der Waals surface area contributed by atoms with Gasteiger partial charge in [-0.05, 0) is 18.1 Å². The second-order valence-electron chi connectivity index (χ2n) is 4.11. The molecule has 1 atom stereocenters. The number of hydrogen-bond acceptors (Lipinski definition) is 2. The van der Waals surface area contributed by atoms with Gasteiger partial charge in [0.2, 0.25) is 5.91 Å². The summed E-state index contributed by atoms with van der Waals surface area (Å²) in [5.74, 6) is -0.181. The maximum Gasteiger partial charge on any atom is 0.228 e. The highest BCUT2D eigenvalue weighted by Crippen LogP contribution is 2.17. The molecule has 0 aliphatic heterocycles. The second kappa shape index (κ2) is 6.05. The summed E-state index contributed by atoms with van der Waals surface area (Å²) in [6, 6.07) is 9.27. The molecule has 1 amide bonds. The molecule has 0 aliphatic carbocycles. The number of benzene rings is 1. The Labute approximate surface area is 95.9 Å². The van der Waals surface area contributed by atoms with Gasteiger partial charge in [-0.3, -0.25) is 4.79 Å². The lowest BCUT2D eigenvalue weighted by molar-refractivity contribution is -0.123. The summed E-state index contributed by atoms with van der Waals surface area (Å²) in [5.41, 5.74) is 0.768. The minimum Gasteiger partial charge on any atom is -0.326 e. The predicted octanol–water partition coefficient (Wildman–Crippen LogP) is 2.49. The van der Waals surface area contributed by atoms with E-state index in [1.165, 1.54) is 0 Å². The molecule has 0 bridgehead atoms. The third kappa shape index (κ3) is 3.50. The van der Waals surface area contributed by atoms with Gasteiger partial charge in [-0.25, -0.2) is 0 Å². The number of carbonyl (C=O) groups is 2. The Morgan fingerprint density at radius 3 is 2.44 bits per heavy atom. The van der Waals surface area contributed by atoms with E-state index in [-0.39, 0.29) is 24.2 Å². The van der Waals surface area contributed by atoms with E-state index in [1.807, 2.05) is 44.2 Å². The normalized spacial score (nSPS) is 12.2. The molecule has 0 fully saturated rings. The van der Waals surface area contributed by atoms with Crippen molar-refractivity contribution in [2.45, 2.75) is 20.3 Å². The summed E-state index contributed by atoms with van der Waals surface area (Å²) < 4.78 is 0. The molecule has 1 rings (SSSR count). The molecular weight excluding hydrogens is 202 g/mol. The fourth-order valence-corrected chi connectivity index (χ4v) is 1.54. The SMILES string of the molecule is CC(C)C(CC=O)C(=O)Nc1ccccc1. The topological polar surface area (TPSA) is 46.2 Å². The summed E-state index contributed by atoms with van der Waals surface area (Å²) >= 11 is 0. The number of nitrogens with one attached hydrogen (secondary N) is 1. The first-order valence-corrected chi connectivity index (χ1v) is 5.44. The highest BCUT2D eigenvalue weighted by molar-refractivity contribution is 5.93. The third-order valence-corrected chi connectivity index (χ3v) is 2.53. The third-order valence-electron chi connectivity index (χ3n) is 2.53. The highest BCUT2D eigenvalue weighted by Gasteiger charge is 2.21. The summed E-state index contributed by atoms with van der Waals surface area (Å²) in [6.45, 7) is 3.89. The lowest BCUT2D eigenvalue weighted by atomic mass is 9.92. The van der Waals surface area contributed by atoms with Gasteiger partial charge in [0.15, 0.2) is 0 Å². The van der Waals surface area contributed by atoms with E-state index in [0.29, 0.717) is 0 Å². The van der Waals surface area contributed by atoms with Crippen LogP contribution in [0.25, 0.3) is 0 Å². The lowest BCUT2D eigenvalue weighted by Crippen LogP contribution is -2.27. The summed E-state index contributed by atoms with van der Waals surface area (Å²) in [7, 11) is 0. The summed E-state index contributed by atoms with van der Waals surface area (Å²) in [5, 5.41) is 2.81. The zero-order chi connectivity index (χ0) is 12.0. The van der Waals surface area contributed by atoms with Crippen LogP contribution in [-0.2, 0) is 9.59 Å². The van der Waals surface area contributed by atoms with Crippen molar-refractivity contribution in [3.8, 4) is 0 Å². The van der Waals surface area contributed by atoms with Crippen LogP contribution in [0.3, 0.4) is 0 Å². The van der Waals surface area contributed by atoms with Crippen LogP contribution in [-0.4, -0.2) is 12.2 Å². The van der Waals surface area contributed by atoms with Gasteiger partial charge in [0, 0.05) is 18.0 Å². The molecule has 0 saturated heterocycles. The number of carbonyl (C=O) groups excluding carboxylic acids is 2. The van der Waals surface area contributed by atoms with Crippen LogP contribution in [0, 0.1) is 11.8 Å².